The lowest BCUT2D eigenvalue weighted by atomic mass is 10.1. The van der Waals surface area contributed by atoms with E-state index in [9.17, 15) is 9.59 Å². The molecule has 0 N–H and O–H groups in total. The Morgan fingerprint density at radius 3 is 2.30 bits per heavy atom. The van der Waals surface area contributed by atoms with Gasteiger partial charge in [0, 0.05) is 48.7 Å². The predicted octanol–water partition coefficient (Wildman–Crippen LogP) is 5.21. The van der Waals surface area contributed by atoms with Gasteiger partial charge in [-0.25, -0.2) is 0 Å². The molecule has 2 aromatic carbocycles. The van der Waals surface area contributed by atoms with Crippen LogP contribution in [0, 0.1) is 6.92 Å². The minimum Gasteiger partial charge on any atom is -0.378 e. The molecule has 0 spiro atoms. The number of ether oxygens (including phenoxy) is 1. The van der Waals surface area contributed by atoms with Crippen molar-refractivity contribution >= 4 is 56.1 Å². The van der Waals surface area contributed by atoms with E-state index in [2.05, 4.69) is 20.8 Å². The minimum atomic E-state index is -0.133. The monoisotopic (exact) mass is 527 g/mol. The summed E-state index contributed by atoms with van der Waals surface area (Å²) in [7, 11) is 3.51. The molecule has 0 atom stereocenters. The molecule has 1 aromatic heterocycles. The first-order valence-corrected chi connectivity index (χ1v) is 12.4. The Hall–Kier alpha value is -2.68. The third kappa shape index (κ3) is 4.98. The van der Waals surface area contributed by atoms with Gasteiger partial charge in [0.05, 0.1) is 23.7 Å². The maximum Gasteiger partial charge on any atom is 0.268 e. The number of amides is 2. The first-order chi connectivity index (χ1) is 15.9. The van der Waals surface area contributed by atoms with Gasteiger partial charge in [0.25, 0.3) is 11.8 Å². The first-order valence-electron chi connectivity index (χ1n) is 10.7. The van der Waals surface area contributed by atoms with Gasteiger partial charge in [-0.1, -0.05) is 28.1 Å². The van der Waals surface area contributed by atoms with Gasteiger partial charge < -0.3 is 19.4 Å². The molecule has 0 saturated carbocycles. The molecule has 3 aromatic rings. The zero-order valence-corrected chi connectivity index (χ0v) is 21.3. The number of rotatable bonds is 5. The molecule has 0 radical (unpaired) electrons. The summed E-state index contributed by atoms with van der Waals surface area (Å²) in [4.78, 5) is 32.7. The van der Waals surface area contributed by atoms with Crippen molar-refractivity contribution in [1.82, 2.24) is 0 Å². The van der Waals surface area contributed by atoms with Crippen LogP contribution in [-0.4, -0.2) is 52.2 Å². The molecule has 1 saturated heterocycles. The number of nitrogens with zero attached hydrogens (tertiary/aromatic N) is 3. The Morgan fingerprint density at radius 2 is 1.64 bits per heavy atom. The van der Waals surface area contributed by atoms with Crippen molar-refractivity contribution in [3.63, 3.8) is 0 Å². The second kappa shape index (κ2) is 10.1. The molecule has 0 unspecified atom stereocenters. The fourth-order valence-corrected chi connectivity index (χ4v) is 4.82. The molecular weight excluding hydrogens is 502 g/mol. The summed E-state index contributed by atoms with van der Waals surface area (Å²) in [5, 5.41) is 1.88. The molecule has 4 rings (SSSR count). The number of hydrogen-bond acceptors (Lipinski definition) is 5. The van der Waals surface area contributed by atoms with Crippen molar-refractivity contribution in [2.75, 3.05) is 55.1 Å². The molecule has 8 heteroatoms. The van der Waals surface area contributed by atoms with E-state index < -0.39 is 0 Å². The highest BCUT2D eigenvalue weighted by molar-refractivity contribution is 9.10. The van der Waals surface area contributed by atoms with E-state index in [1.165, 1.54) is 11.3 Å². The third-order valence-corrected chi connectivity index (χ3v) is 7.55. The third-order valence-electron chi connectivity index (χ3n) is 5.83. The van der Waals surface area contributed by atoms with E-state index in [-0.39, 0.29) is 11.8 Å². The van der Waals surface area contributed by atoms with Crippen LogP contribution in [0.25, 0.3) is 0 Å². The van der Waals surface area contributed by atoms with Gasteiger partial charge in [-0.2, -0.15) is 0 Å². The number of benzene rings is 2. The Morgan fingerprint density at radius 1 is 0.970 bits per heavy atom. The van der Waals surface area contributed by atoms with Crippen LogP contribution in [0.3, 0.4) is 0 Å². The van der Waals surface area contributed by atoms with Crippen LogP contribution in [0.2, 0.25) is 0 Å². The summed E-state index contributed by atoms with van der Waals surface area (Å²) < 4.78 is 6.45. The van der Waals surface area contributed by atoms with Gasteiger partial charge in [-0.3, -0.25) is 9.59 Å². The molecule has 1 aliphatic rings. The quantitative estimate of drug-likeness (QED) is 0.457. The van der Waals surface area contributed by atoms with E-state index in [1.807, 2.05) is 54.8 Å². The number of halogens is 1. The molecule has 6 nitrogen and oxygen atoms in total. The first kappa shape index (κ1) is 23.5. The molecule has 172 valence electrons. The molecule has 2 amide bonds. The summed E-state index contributed by atoms with van der Waals surface area (Å²) in [5.41, 5.74) is 3.97. The second-order valence-electron chi connectivity index (χ2n) is 7.94. The minimum absolute atomic E-state index is 0.0988. The van der Waals surface area contributed by atoms with Crippen LogP contribution in [0.15, 0.2) is 58.4 Å². The van der Waals surface area contributed by atoms with E-state index >= 15 is 0 Å². The van der Waals surface area contributed by atoms with Crippen LogP contribution < -0.4 is 14.7 Å². The Labute approximate surface area is 206 Å². The van der Waals surface area contributed by atoms with E-state index in [1.54, 1.807) is 30.0 Å². The summed E-state index contributed by atoms with van der Waals surface area (Å²) in [6.07, 6.45) is 0. The zero-order valence-electron chi connectivity index (χ0n) is 18.9. The molecular formula is C25H26BrN3O3S. The lowest BCUT2D eigenvalue weighted by Gasteiger charge is -2.32. The number of hydrogen-bond donors (Lipinski definition) is 0. The number of anilines is 3. The lowest BCUT2D eigenvalue weighted by molar-refractivity contribution is 0.0983. The van der Waals surface area contributed by atoms with Crippen LogP contribution in [-0.2, 0) is 4.74 Å². The average Bonchev–Trinajstić information content (AvgIpc) is 3.39. The molecule has 0 bridgehead atoms. The largest absolute Gasteiger partial charge is 0.378 e. The molecule has 0 aliphatic carbocycles. The molecule has 33 heavy (non-hydrogen) atoms. The van der Waals surface area contributed by atoms with Gasteiger partial charge in [-0.15, -0.1) is 11.3 Å². The highest BCUT2D eigenvalue weighted by Crippen LogP contribution is 2.31. The average molecular weight is 528 g/mol. The summed E-state index contributed by atoms with van der Waals surface area (Å²) in [6, 6.07) is 15.2. The lowest BCUT2D eigenvalue weighted by Crippen LogP contribution is -2.38. The standard InChI is InChI=1S/C25H26BrN3O3S/c1-17-6-7-19(16-21(17)26)27(2)24(30)20-15-18(28(3)25(31)23-5-4-14-33-23)8-9-22(20)29-10-12-32-13-11-29/h4-9,14-16H,10-13H2,1-3H3. The van der Waals surface area contributed by atoms with Crippen LogP contribution in [0.1, 0.15) is 25.6 Å². The van der Waals surface area contributed by atoms with Crippen molar-refractivity contribution in [3.05, 3.63) is 74.4 Å². The zero-order chi connectivity index (χ0) is 23.5. The molecule has 2 heterocycles. The number of carbonyl (C=O) groups is 2. The van der Waals surface area contributed by atoms with E-state index in [4.69, 9.17) is 4.74 Å². The topological polar surface area (TPSA) is 53.1 Å². The highest BCUT2D eigenvalue weighted by atomic mass is 79.9. The van der Waals surface area contributed by atoms with Gasteiger partial charge in [0.1, 0.15) is 0 Å². The van der Waals surface area contributed by atoms with Crippen molar-refractivity contribution in [1.29, 1.82) is 0 Å². The van der Waals surface area contributed by atoms with Crippen LogP contribution in [0.5, 0.6) is 0 Å². The maximum absolute atomic E-state index is 13.7. The number of morpholine rings is 1. The summed E-state index contributed by atoms with van der Waals surface area (Å²) >= 11 is 4.96. The second-order valence-corrected chi connectivity index (χ2v) is 9.74. The smallest absolute Gasteiger partial charge is 0.268 e. The number of carbonyl (C=O) groups excluding carboxylic acids is 2. The normalized spacial score (nSPS) is 13.6. The highest BCUT2D eigenvalue weighted by Gasteiger charge is 2.24. The van der Waals surface area contributed by atoms with Gasteiger partial charge >= 0.3 is 0 Å². The number of thiophene rings is 1. The fourth-order valence-electron chi connectivity index (χ4n) is 3.76. The van der Waals surface area contributed by atoms with Crippen molar-refractivity contribution in [2.45, 2.75) is 6.92 Å². The Balaban J connectivity index is 1.72. The van der Waals surface area contributed by atoms with Crippen molar-refractivity contribution in [3.8, 4) is 0 Å². The Kier molecular flexibility index (Phi) is 7.17. The van der Waals surface area contributed by atoms with Gasteiger partial charge in [-0.05, 0) is 54.3 Å². The number of aryl methyl sites for hydroxylation is 1. The van der Waals surface area contributed by atoms with Crippen LogP contribution in [0.4, 0.5) is 17.1 Å². The SMILES string of the molecule is Cc1ccc(N(C)C(=O)c2cc(N(C)C(=O)c3cccs3)ccc2N2CCOCC2)cc1Br. The summed E-state index contributed by atoms with van der Waals surface area (Å²) in [6.45, 7) is 4.67. The predicted molar refractivity (Wildman–Crippen MR) is 138 cm³/mol. The molecule has 1 aliphatic heterocycles. The van der Waals surface area contributed by atoms with Gasteiger partial charge in [0.15, 0.2) is 0 Å². The maximum atomic E-state index is 13.7. The molecule has 1 fully saturated rings. The van der Waals surface area contributed by atoms with E-state index in [0.717, 1.165) is 21.4 Å². The summed E-state index contributed by atoms with van der Waals surface area (Å²) in [5.74, 6) is -0.232. The Bertz CT molecular complexity index is 1160. The van der Waals surface area contributed by atoms with Crippen molar-refractivity contribution in [2.24, 2.45) is 0 Å². The fraction of sp³-hybridized carbons (Fsp3) is 0.280. The van der Waals surface area contributed by atoms with Crippen molar-refractivity contribution < 1.29 is 14.3 Å². The van der Waals surface area contributed by atoms with Crippen LogP contribution >= 0.6 is 27.3 Å². The van der Waals surface area contributed by atoms with Gasteiger partial charge in [0.2, 0.25) is 0 Å². The van der Waals surface area contributed by atoms with E-state index in [0.29, 0.717) is 42.4 Å².